The van der Waals surface area contributed by atoms with E-state index in [1.54, 1.807) is 30.0 Å². The van der Waals surface area contributed by atoms with Gasteiger partial charge in [-0.25, -0.2) is 4.79 Å². The number of ether oxygens (including phenoxy) is 2. The maximum Gasteiger partial charge on any atom is 0.409 e. The average Bonchev–Trinajstić information content (AvgIpc) is 2.59. The first-order chi connectivity index (χ1) is 12.3. The highest BCUT2D eigenvalue weighted by Gasteiger charge is 2.36. The Morgan fingerprint density at radius 3 is 2.42 bits per heavy atom. The molecule has 1 aliphatic rings. The zero-order valence-electron chi connectivity index (χ0n) is 14.7. The molecule has 1 aliphatic heterocycles. The van der Waals surface area contributed by atoms with Gasteiger partial charge in [-0.1, -0.05) is 23.2 Å². The number of carbonyl (C=O) groups excluding carboxylic acids is 3. The number of nitrogens with zero attached hydrogens (tertiary/aromatic N) is 1. The third-order valence-electron chi connectivity index (χ3n) is 4.36. The van der Waals surface area contributed by atoms with Crippen molar-refractivity contribution in [2.24, 2.45) is 5.92 Å². The molecule has 1 amide bonds. The fraction of sp³-hybridized carbons (Fsp3) is 0.500. The lowest BCUT2D eigenvalue weighted by molar-refractivity contribution is -0.146. The van der Waals surface area contributed by atoms with E-state index in [2.05, 4.69) is 0 Å². The van der Waals surface area contributed by atoms with Crippen LogP contribution in [0.25, 0.3) is 0 Å². The second-order valence-corrected chi connectivity index (χ2v) is 6.92. The van der Waals surface area contributed by atoms with Gasteiger partial charge in [0.1, 0.15) is 12.2 Å². The molecule has 1 aromatic carbocycles. The van der Waals surface area contributed by atoms with Gasteiger partial charge in [0, 0.05) is 22.5 Å². The molecule has 2 rings (SSSR count). The number of carbonyl (C=O) groups is 3. The largest absolute Gasteiger partial charge is 0.466 e. The minimum Gasteiger partial charge on any atom is -0.466 e. The minimum atomic E-state index is -0.532. The zero-order valence-corrected chi connectivity index (χ0v) is 16.2. The molecule has 1 fully saturated rings. The van der Waals surface area contributed by atoms with Gasteiger partial charge in [0.05, 0.1) is 19.8 Å². The number of hydrogen-bond donors (Lipinski definition) is 0. The Morgan fingerprint density at radius 2 is 1.85 bits per heavy atom. The average molecular weight is 402 g/mol. The van der Waals surface area contributed by atoms with E-state index in [1.165, 1.54) is 7.11 Å². The van der Waals surface area contributed by atoms with Gasteiger partial charge >= 0.3 is 12.1 Å². The van der Waals surface area contributed by atoms with Gasteiger partial charge < -0.3 is 14.4 Å². The van der Waals surface area contributed by atoms with E-state index in [9.17, 15) is 14.4 Å². The molecular weight excluding hydrogens is 381 g/mol. The van der Waals surface area contributed by atoms with Crippen molar-refractivity contribution in [2.45, 2.75) is 32.2 Å². The number of esters is 1. The molecule has 142 valence electrons. The predicted octanol–water partition coefficient (Wildman–Crippen LogP) is 4.04. The number of methoxy groups -OCH3 is 1. The third kappa shape index (κ3) is 5.11. The van der Waals surface area contributed by atoms with E-state index in [4.69, 9.17) is 32.7 Å². The second kappa shape index (κ2) is 9.24. The third-order valence-corrected chi connectivity index (χ3v) is 4.80. The molecule has 1 heterocycles. The number of halogens is 2. The molecule has 0 bridgehead atoms. The molecule has 0 radical (unpaired) electrons. The second-order valence-electron chi connectivity index (χ2n) is 6.05. The Kier molecular flexibility index (Phi) is 7.29. The van der Waals surface area contributed by atoms with Crippen LogP contribution in [0.15, 0.2) is 18.2 Å². The molecule has 1 saturated heterocycles. The van der Waals surface area contributed by atoms with Crippen molar-refractivity contribution in [2.75, 3.05) is 20.3 Å². The van der Waals surface area contributed by atoms with Gasteiger partial charge in [0.2, 0.25) is 0 Å². The highest BCUT2D eigenvalue weighted by Crippen LogP contribution is 2.37. The van der Waals surface area contributed by atoms with Crippen LogP contribution in [-0.2, 0) is 19.1 Å². The standard InChI is InChI=1S/C18H21Cl2NO5/c1-3-26-17(23)10-16(22)11-4-5-21(18(24)25-2)15(8-11)12-6-13(19)9-14(20)7-12/h6-7,9,11,15H,3-5,8,10H2,1-2H3/t11-,15-/m0/s1. The summed E-state index contributed by atoms with van der Waals surface area (Å²) < 4.78 is 9.70. The normalized spacial score (nSPS) is 19.8. The van der Waals surface area contributed by atoms with Crippen LogP contribution in [0.3, 0.4) is 0 Å². The first-order valence-electron chi connectivity index (χ1n) is 8.34. The number of ketones is 1. The summed E-state index contributed by atoms with van der Waals surface area (Å²) in [6.07, 6.45) is 0.0735. The Morgan fingerprint density at radius 1 is 1.19 bits per heavy atom. The lowest BCUT2D eigenvalue weighted by Crippen LogP contribution is -2.43. The van der Waals surface area contributed by atoms with Crippen molar-refractivity contribution in [1.82, 2.24) is 4.90 Å². The summed E-state index contributed by atoms with van der Waals surface area (Å²) in [6.45, 7) is 2.26. The molecule has 6 nitrogen and oxygen atoms in total. The molecular formula is C18H21Cl2NO5. The summed E-state index contributed by atoms with van der Waals surface area (Å²) in [5, 5.41) is 0.884. The zero-order chi connectivity index (χ0) is 19.3. The monoisotopic (exact) mass is 401 g/mol. The van der Waals surface area contributed by atoms with E-state index in [-0.39, 0.29) is 24.7 Å². The van der Waals surface area contributed by atoms with Gasteiger partial charge in [-0.15, -0.1) is 0 Å². The fourth-order valence-electron chi connectivity index (χ4n) is 3.18. The molecule has 0 aliphatic carbocycles. The molecule has 8 heteroatoms. The van der Waals surface area contributed by atoms with Crippen LogP contribution >= 0.6 is 23.2 Å². The van der Waals surface area contributed by atoms with E-state index in [0.717, 1.165) is 5.56 Å². The van der Waals surface area contributed by atoms with Crippen molar-refractivity contribution in [3.63, 3.8) is 0 Å². The topological polar surface area (TPSA) is 72.9 Å². The number of likely N-dealkylation sites (tertiary alicyclic amines) is 1. The Bertz CT molecular complexity index is 674. The summed E-state index contributed by atoms with van der Waals surface area (Å²) in [5.74, 6) is -1.08. The number of hydrogen-bond acceptors (Lipinski definition) is 5. The van der Waals surface area contributed by atoms with Crippen LogP contribution in [0, 0.1) is 5.92 Å². The molecule has 0 unspecified atom stereocenters. The number of piperidine rings is 1. The molecule has 0 aromatic heterocycles. The number of amides is 1. The Labute approximate surface area is 162 Å². The Balaban J connectivity index is 2.22. The number of rotatable bonds is 5. The van der Waals surface area contributed by atoms with Crippen LogP contribution in [-0.4, -0.2) is 43.0 Å². The van der Waals surface area contributed by atoms with Crippen molar-refractivity contribution in [1.29, 1.82) is 0 Å². The van der Waals surface area contributed by atoms with Crippen molar-refractivity contribution in [3.05, 3.63) is 33.8 Å². The summed E-state index contributed by atoms with van der Waals surface area (Å²) in [4.78, 5) is 37.7. The maximum atomic E-state index is 12.5. The lowest BCUT2D eigenvalue weighted by Gasteiger charge is -2.38. The van der Waals surface area contributed by atoms with E-state index in [0.29, 0.717) is 29.4 Å². The number of Topliss-reactive ketones (excluding diaryl/α,β-unsaturated/α-hetero) is 1. The summed E-state index contributed by atoms with van der Waals surface area (Å²) in [5.41, 5.74) is 0.724. The summed E-state index contributed by atoms with van der Waals surface area (Å²) in [7, 11) is 1.31. The Hall–Kier alpha value is -1.79. The van der Waals surface area contributed by atoms with E-state index in [1.807, 2.05) is 0 Å². The fourth-order valence-corrected chi connectivity index (χ4v) is 3.72. The van der Waals surface area contributed by atoms with Crippen molar-refractivity contribution < 1.29 is 23.9 Å². The highest BCUT2D eigenvalue weighted by molar-refractivity contribution is 6.34. The first-order valence-corrected chi connectivity index (χ1v) is 9.10. The molecule has 1 aromatic rings. The molecule has 0 saturated carbocycles. The quantitative estimate of drug-likeness (QED) is 0.549. The van der Waals surface area contributed by atoms with Crippen molar-refractivity contribution >= 4 is 41.0 Å². The van der Waals surface area contributed by atoms with Crippen LogP contribution in [0.4, 0.5) is 4.79 Å². The van der Waals surface area contributed by atoms with Crippen LogP contribution in [0.1, 0.15) is 37.8 Å². The molecule has 26 heavy (non-hydrogen) atoms. The summed E-state index contributed by atoms with van der Waals surface area (Å²) >= 11 is 12.2. The van der Waals surface area contributed by atoms with E-state index < -0.39 is 18.1 Å². The molecule has 0 N–H and O–H groups in total. The molecule has 2 atom stereocenters. The van der Waals surface area contributed by atoms with Crippen LogP contribution in [0.2, 0.25) is 10.0 Å². The van der Waals surface area contributed by atoms with Gasteiger partial charge in [-0.3, -0.25) is 9.59 Å². The highest BCUT2D eigenvalue weighted by atomic mass is 35.5. The van der Waals surface area contributed by atoms with E-state index >= 15 is 0 Å². The number of benzene rings is 1. The SMILES string of the molecule is CCOC(=O)CC(=O)[C@H]1CCN(C(=O)OC)[C@H](c2cc(Cl)cc(Cl)c2)C1. The lowest BCUT2D eigenvalue weighted by atomic mass is 9.84. The minimum absolute atomic E-state index is 0.189. The van der Waals surface area contributed by atoms with Gasteiger partial charge in [-0.2, -0.15) is 0 Å². The van der Waals surface area contributed by atoms with Gasteiger partial charge in [0.15, 0.2) is 0 Å². The summed E-state index contributed by atoms with van der Waals surface area (Å²) in [6, 6.07) is 4.61. The molecule has 0 spiro atoms. The van der Waals surface area contributed by atoms with Gasteiger partial charge in [-0.05, 0) is 43.5 Å². The van der Waals surface area contributed by atoms with Crippen LogP contribution < -0.4 is 0 Å². The smallest absolute Gasteiger partial charge is 0.409 e. The van der Waals surface area contributed by atoms with Crippen molar-refractivity contribution in [3.8, 4) is 0 Å². The predicted molar refractivity (Wildman–Crippen MR) is 97.3 cm³/mol. The maximum absolute atomic E-state index is 12.5. The first kappa shape index (κ1) is 20.5. The van der Waals surface area contributed by atoms with Gasteiger partial charge in [0.25, 0.3) is 0 Å². The van der Waals surface area contributed by atoms with Crippen LogP contribution in [0.5, 0.6) is 0 Å².